The third-order valence-corrected chi connectivity index (χ3v) is 6.41. The van der Waals surface area contributed by atoms with Gasteiger partial charge in [0.05, 0.1) is 29.8 Å². The van der Waals surface area contributed by atoms with E-state index in [1.807, 2.05) is 6.92 Å². The lowest BCUT2D eigenvalue weighted by Gasteiger charge is -2.22. The Morgan fingerprint density at radius 3 is 2.67 bits per heavy atom. The third kappa shape index (κ3) is 5.79. The van der Waals surface area contributed by atoms with E-state index in [0.29, 0.717) is 18.1 Å². The summed E-state index contributed by atoms with van der Waals surface area (Å²) in [6.07, 6.45) is 1.99. The van der Waals surface area contributed by atoms with Crippen molar-refractivity contribution in [2.45, 2.75) is 37.3 Å². The van der Waals surface area contributed by atoms with E-state index >= 15 is 0 Å². The Morgan fingerprint density at radius 1 is 1.33 bits per heavy atom. The molecule has 178 valence electrons. The second kappa shape index (κ2) is 9.75. The second-order valence-corrected chi connectivity index (χ2v) is 10.0. The number of sulfone groups is 1. The molecule has 1 saturated heterocycles. The molecule has 1 aromatic carbocycles. The van der Waals surface area contributed by atoms with Crippen LogP contribution in [0.2, 0.25) is 0 Å². The van der Waals surface area contributed by atoms with E-state index in [1.54, 1.807) is 43.1 Å². The van der Waals surface area contributed by atoms with Crippen LogP contribution >= 0.6 is 0 Å². The van der Waals surface area contributed by atoms with Gasteiger partial charge in [-0.15, -0.1) is 0 Å². The predicted octanol–water partition coefficient (Wildman–Crippen LogP) is 2.44. The van der Waals surface area contributed by atoms with Gasteiger partial charge in [0.15, 0.2) is 9.84 Å². The third-order valence-electron chi connectivity index (χ3n) is 5.30. The van der Waals surface area contributed by atoms with Crippen molar-refractivity contribution in [3.05, 3.63) is 48.5 Å². The van der Waals surface area contributed by atoms with Crippen molar-refractivity contribution in [1.29, 1.82) is 0 Å². The molecule has 0 radical (unpaired) electrons. The van der Waals surface area contributed by atoms with Gasteiger partial charge in [-0.1, -0.05) is 6.58 Å². The molecule has 1 aliphatic heterocycles. The Hall–Kier alpha value is -3.18. The standard InChI is InChI=1S/C22H28N4O6S/c1-14(2)31-22(28)26-11-17(9-16(26)12-27)32-21-10-20(23-13-24-21)25(4)19-7-6-18(8-15(19)3)33(5,29)30/h6-8,10,13,16-17,27H,1,9,11-12H2,2-5H3. The number of carbonyl (C=O) groups excluding carboxylic acids is 1. The number of aliphatic hydroxyl groups is 1. The zero-order valence-corrected chi connectivity index (χ0v) is 19.9. The van der Waals surface area contributed by atoms with Crippen LogP contribution in [0.1, 0.15) is 18.9 Å². The Bertz CT molecular complexity index is 1150. The zero-order valence-electron chi connectivity index (χ0n) is 19.1. The van der Waals surface area contributed by atoms with Crippen molar-refractivity contribution in [2.24, 2.45) is 0 Å². The molecule has 2 heterocycles. The minimum Gasteiger partial charge on any atom is -0.472 e. The molecule has 1 N–H and O–H groups in total. The van der Waals surface area contributed by atoms with Gasteiger partial charge in [-0.3, -0.25) is 4.90 Å². The molecule has 11 heteroatoms. The van der Waals surface area contributed by atoms with Crippen LogP contribution in [-0.2, 0) is 14.6 Å². The van der Waals surface area contributed by atoms with Gasteiger partial charge in [-0.05, 0) is 37.6 Å². The smallest absolute Gasteiger partial charge is 0.415 e. The first kappa shape index (κ1) is 24.5. The van der Waals surface area contributed by atoms with Gasteiger partial charge in [0.2, 0.25) is 5.88 Å². The van der Waals surface area contributed by atoms with Crippen LogP contribution in [-0.4, -0.2) is 73.1 Å². The summed E-state index contributed by atoms with van der Waals surface area (Å²) in [5, 5.41) is 9.64. The van der Waals surface area contributed by atoms with Crippen LogP contribution in [0.5, 0.6) is 5.88 Å². The zero-order chi connectivity index (χ0) is 24.3. The van der Waals surface area contributed by atoms with Gasteiger partial charge in [0.1, 0.15) is 18.2 Å². The number of rotatable bonds is 7. The van der Waals surface area contributed by atoms with E-state index in [1.165, 1.54) is 17.5 Å². The number of benzene rings is 1. The van der Waals surface area contributed by atoms with Gasteiger partial charge in [0, 0.05) is 31.5 Å². The van der Waals surface area contributed by atoms with Crippen LogP contribution < -0.4 is 9.64 Å². The molecule has 2 atom stereocenters. The highest BCUT2D eigenvalue weighted by Gasteiger charge is 2.37. The number of allylic oxidation sites excluding steroid dienone is 1. The first-order valence-corrected chi connectivity index (χ1v) is 12.2. The molecular weight excluding hydrogens is 448 g/mol. The summed E-state index contributed by atoms with van der Waals surface area (Å²) in [5.74, 6) is 1.13. The number of anilines is 2. The summed E-state index contributed by atoms with van der Waals surface area (Å²) in [6.45, 7) is 6.98. The summed E-state index contributed by atoms with van der Waals surface area (Å²) >= 11 is 0. The molecular formula is C22H28N4O6S. The second-order valence-electron chi connectivity index (χ2n) is 8.03. The Morgan fingerprint density at radius 2 is 2.06 bits per heavy atom. The summed E-state index contributed by atoms with van der Waals surface area (Å²) in [7, 11) is -1.49. The van der Waals surface area contributed by atoms with Crippen LogP contribution in [0.3, 0.4) is 0 Å². The monoisotopic (exact) mass is 476 g/mol. The number of nitrogens with zero attached hydrogens (tertiary/aromatic N) is 4. The molecule has 1 aliphatic rings. The van der Waals surface area contributed by atoms with Crippen molar-refractivity contribution < 1.29 is 27.8 Å². The normalized spacial score (nSPS) is 18.2. The average Bonchev–Trinajstić information content (AvgIpc) is 3.15. The maximum absolute atomic E-state index is 12.2. The topological polar surface area (TPSA) is 122 Å². The average molecular weight is 477 g/mol. The molecule has 1 aromatic heterocycles. The van der Waals surface area contributed by atoms with E-state index < -0.39 is 22.0 Å². The number of aryl methyl sites for hydroxylation is 1. The lowest BCUT2D eigenvalue weighted by Crippen LogP contribution is -2.38. The Balaban J connectivity index is 1.75. The summed E-state index contributed by atoms with van der Waals surface area (Å²) in [5.41, 5.74) is 1.55. The van der Waals surface area contributed by atoms with Crippen LogP contribution in [0.25, 0.3) is 0 Å². The highest BCUT2D eigenvalue weighted by atomic mass is 32.2. The number of likely N-dealkylation sites (tertiary alicyclic amines) is 1. The summed E-state index contributed by atoms with van der Waals surface area (Å²) in [4.78, 5) is 24.2. The SMILES string of the molecule is C=C(C)OC(=O)N1CC(Oc2cc(N(C)c3ccc(S(C)(=O)=O)cc3C)ncn2)CC1CO. The molecule has 1 amide bonds. The quantitative estimate of drug-likeness (QED) is 0.600. The first-order valence-electron chi connectivity index (χ1n) is 10.3. The summed E-state index contributed by atoms with van der Waals surface area (Å²) < 4.78 is 34.6. The molecule has 2 aromatic rings. The largest absolute Gasteiger partial charge is 0.472 e. The molecule has 0 saturated carbocycles. The molecule has 2 unspecified atom stereocenters. The van der Waals surface area contributed by atoms with Crippen molar-refractivity contribution >= 4 is 27.4 Å². The first-order chi connectivity index (χ1) is 15.5. The van der Waals surface area contributed by atoms with Gasteiger partial charge in [-0.25, -0.2) is 23.2 Å². The highest BCUT2D eigenvalue weighted by Crippen LogP contribution is 2.29. The Kier molecular flexibility index (Phi) is 7.23. The fourth-order valence-corrected chi connectivity index (χ4v) is 4.38. The van der Waals surface area contributed by atoms with Crippen LogP contribution in [0, 0.1) is 6.92 Å². The molecule has 3 rings (SSSR count). The molecule has 10 nitrogen and oxygen atoms in total. The lowest BCUT2D eigenvalue weighted by atomic mass is 10.2. The van der Waals surface area contributed by atoms with E-state index in [0.717, 1.165) is 11.3 Å². The maximum atomic E-state index is 12.2. The number of amides is 1. The van der Waals surface area contributed by atoms with Gasteiger partial charge < -0.3 is 19.5 Å². The predicted molar refractivity (Wildman–Crippen MR) is 122 cm³/mol. The molecule has 1 fully saturated rings. The van der Waals surface area contributed by atoms with Crippen LogP contribution in [0.4, 0.5) is 16.3 Å². The summed E-state index contributed by atoms with van der Waals surface area (Å²) in [6, 6.07) is 6.13. The number of carbonyl (C=O) groups is 1. The van der Waals surface area contributed by atoms with Crippen molar-refractivity contribution in [3.8, 4) is 5.88 Å². The molecule has 0 aliphatic carbocycles. The minimum absolute atomic E-state index is 0.217. The van der Waals surface area contributed by atoms with E-state index in [-0.39, 0.29) is 29.9 Å². The minimum atomic E-state index is -3.30. The molecule has 0 spiro atoms. The molecule has 33 heavy (non-hydrogen) atoms. The number of aliphatic hydroxyl groups excluding tert-OH is 1. The Labute approximate surface area is 193 Å². The lowest BCUT2D eigenvalue weighted by molar-refractivity contribution is 0.104. The van der Waals surface area contributed by atoms with E-state index in [9.17, 15) is 18.3 Å². The maximum Gasteiger partial charge on any atom is 0.415 e. The van der Waals surface area contributed by atoms with Gasteiger partial charge in [-0.2, -0.15) is 0 Å². The van der Waals surface area contributed by atoms with Gasteiger partial charge in [0.25, 0.3) is 0 Å². The van der Waals surface area contributed by atoms with Gasteiger partial charge >= 0.3 is 6.09 Å². The van der Waals surface area contributed by atoms with Crippen LogP contribution in [0.15, 0.2) is 47.8 Å². The van der Waals surface area contributed by atoms with E-state index in [4.69, 9.17) is 9.47 Å². The fraction of sp³-hybridized carbons (Fsp3) is 0.409. The van der Waals surface area contributed by atoms with Crippen molar-refractivity contribution in [2.75, 3.05) is 31.4 Å². The number of ether oxygens (including phenoxy) is 2. The number of hydrogen-bond acceptors (Lipinski definition) is 9. The molecule has 0 bridgehead atoms. The fourth-order valence-electron chi connectivity index (χ4n) is 3.67. The number of aromatic nitrogens is 2. The number of hydrogen-bond donors (Lipinski definition) is 1. The van der Waals surface area contributed by atoms with Crippen molar-refractivity contribution in [1.82, 2.24) is 14.9 Å². The highest BCUT2D eigenvalue weighted by molar-refractivity contribution is 7.90. The van der Waals surface area contributed by atoms with E-state index in [2.05, 4.69) is 16.5 Å². The van der Waals surface area contributed by atoms with Crippen molar-refractivity contribution in [3.63, 3.8) is 0 Å².